The number of aromatic amines is 1. The fourth-order valence-corrected chi connectivity index (χ4v) is 2.74. The van der Waals surface area contributed by atoms with Gasteiger partial charge in [0.2, 0.25) is 0 Å². The third-order valence-electron chi connectivity index (χ3n) is 2.92. The molecule has 5 heteroatoms. The summed E-state index contributed by atoms with van der Waals surface area (Å²) in [6.45, 7) is 0. The fraction of sp³-hybridized carbons (Fsp3) is 0.250. The Morgan fingerprint density at radius 1 is 1.24 bits per heavy atom. The predicted octanol–water partition coefficient (Wildman–Crippen LogP) is 2.02. The number of H-pyrrole nitrogens is 1. The number of nitrogens with zero attached hydrogens (tertiary/aromatic N) is 1. The van der Waals surface area contributed by atoms with Crippen molar-refractivity contribution in [1.82, 2.24) is 9.97 Å². The van der Waals surface area contributed by atoms with Crippen LogP contribution in [0.3, 0.4) is 0 Å². The van der Waals surface area contributed by atoms with Gasteiger partial charge in [-0.15, -0.1) is 11.3 Å². The average Bonchev–Trinajstić information content (AvgIpc) is 2.82. The molecule has 0 bridgehead atoms. The van der Waals surface area contributed by atoms with Gasteiger partial charge in [-0.2, -0.15) is 0 Å². The number of aryl methyl sites for hydroxylation is 1. The van der Waals surface area contributed by atoms with E-state index in [9.17, 15) is 9.59 Å². The smallest absolute Gasteiger partial charge is 0.258 e. The topological polar surface area (TPSA) is 62.8 Å². The molecule has 86 valence electrons. The van der Waals surface area contributed by atoms with Gasteiger partial charge in [0.25, 0.3) is 5.56 Å². The van der Waals surface area contributed by atoms with Crippen LogP contribution in [0.2, 0.25) is 0 Å². The van der Waals surface area contributed by atoms with E-state index in [1.54, 1.807) is 12.3 Å². The number of hydrogen-bond donors (Lipinski definition) is 1. The summed E-state index contributed by atoms with van der Waals surface area (Å²) in [5.74, 6) is 0.111. The summed E-state index contributed by atoms with van der Waals surface area (Å²) in [5, 5.41) is 2.48. The van der Waals surface area contributed by atoms with E-state index in [0.717, 1.165) is 18.5 Å². The molecule has 2 aromatic rings. The highest BCUT2D eigenvalue weighted by Gasteiger charge is 2.20. The van der Waals surface area contributed by atoms with Gasteiger partial charge in [0.05, 0.1) is 5.56 Å². The Kier molecular flexibility index (Phi) is 2.40. The zero-order valence-electron chi connectivity index (χ0n) is 9.03. The molecule has 0 spiro atoms. The van der Waals surface area contributed by atoms with Crippen LogP contribution in [0, 0.1) is 0 Å². The van der Waals surface area contributed by atoms with Crippen molar-refractivity contribution >= 4 is 17.1 Å². The molecule has 0 unspecified atom stereocenters. The summed E-state index contributed by atoms with van der Waals surface area (Å²) >= 11 is 1.40. The van der Waals surface area contributed by atoms with Gasteiger partial charge >= 0.3 is 0 Å². The van der Waals surface area contributed by atoms with Crippen molar-refractivity contribution in [2.75, 3.05) is 0 Å². The maximum atomic E-state index is 11.9. The third kappa shape index (κ3) is 1.72. The second-order valence-electron chi connectivity index (χ2n) is 4.02. The third-order valence-corrected chi connectivity index (χ3v) is 3.72. The Morgan fingerprint density at radius 2 is 2.12 bits per heavy atom. The van der Waals surface area contributed by atoms with Crippen LogP contribution in [0.15, 0.2) is 22.4 Å². The van der Waals surface area contributed by atoms with Crippen molar-refractivity contribution in [3.8, 4) is 10.6 Å². The number of thiazole rings is 1. The fourth-order valence-electron chi connectivity index (χ4n) is 2.09. The number of pyridine rings is 1. The average molecular weight is 246 g/mol. The first kappa shape index (κ1) is 10.4. The number of aromatic nitrogens is 2. The van der Waals surface area contributed by atoms with Gasteiger partial charge in [0.1, 0.15) is 5.01 Å². The summed E-state index contributed by atoms with van der Waals surface area (Å²) in [4.78, 5) is 30.6. The predicted molar refractivity (Wildman–Crippen MR) is 65.4 cm³/mol. The molecule has 0 aliphatic heterocycles. The van der Waals surface area contributed by atoms with Crippen molar-refractivity contribution in [3.05, 3.63) is 39.3 Å². The number of nitrogens with one attached hydrogen (secondary N) is 1. The normalized spacial score (nSPS) is 14.7. The van der Waals surface area contributed by atoms with E-state index in [-0.39, 0.29) is 11.3 Å². The SMILES string of the molecule is O=C1CCCc2[nH]c(=O)c(-c3nccs3)cc21. The molecule has 0 radical (unpaired) electrons. The summed E-state index contributed by atoms with van der Waals surface area (Å²) in [6, 6.07) is 1.69. The molecule has 1 N–H and O–H groups in total. The molecule has 0 saturated carbocycles. The Morgan fingerprint density at radius 3 is 2.88 bits per heavy atom. The molecule has 0 aromatic carbocycles. The molecule has 4 nitrogen and oxygen atoms in total. The second kappa shape index (κ2) is 3.92. The van der Waals surface area contributed by atoms with Gasteiger partial charge in [-0.3, -0.25) is 9.59 Å². The van der Waals surface area contributed by atoms with Crippen LogP contribution >= 0.6 is 11.3 Å². The molecule has 1 aliphatic carbocycles. The lowest BCUT2D eigenvalue weighted by Gasteiger charge is -2.14. The molecule has 0 amide bonds. The van der Waals surface area contributed by atoms with Gasteiger partial charge < -0.3 is 4.98 Å². The van der Waals surface area contributed by atoms with Gasteiger partial charge in [0.15, 0.2) is 5.78 Å². The largest absolute Gasteiger partial charge is 0.325 e. The lowest BCUT2D eigenvalue weighted by Crippen LogP contribution is -2.20. The van der Waals surface area contributed by atoms with Crippen molar-refractivity contribution < 1.29 is 4.79 Å². The van der Waals surface area contributed by atoms with Crippen LogP contribution in [-0.4, -0.2) is 15.8 Å². The van der Waals surface area contributed by atoms with Crippen LogP contribution in [-0.2, 0) is 6.42 Å². The number of Topliss-reactive ketones (excluding diaryl/α,β-unsaturated/α-hetero) is 1. The summed E-state index contributed by atoms with van der Waals surface area (Å²) in [5.41, 5.74) is 1.76. The highest BCUT2D eigenvalue weighted by molar-refractivity contribution is 7.13. The molecule has 17 heavy (non-hydrogen) atoms. The van der Waals surface area contributed by atoms with Gasteiger partial charge in [-0.1, -0.05) is 0 Å². The molecular weight excluding hydrogens is 236 g/mol. The quantitative estimate of drug-likeness (QED) is 0.837. The van der Waals surface area contributed by atoms with Crippen LogP contribution in [0.5, 0.6) is 0 Å². The summed E-state index contributed by atoms with van der Waals surface area (Å²) in [6.07, 6.45) is 3.81. The Labute approximate surface area is 101 Å². The molecule has 2 aromatic heterocycles. The van der Waals surface area contributed by atoms with Crippen molar-refractivity contribution in [3.63, 3.8) is 0 Å². The van der Waals surface area contributed by atoms with E-state index in [4.69, 9.17) is 0 Å². The van der Waals surface area contributed by atoms with Crippen molar-refractivity contribution in [2.45, 2.75) is 19.3 Å². The van der Waals surface area contributed by atoms with Crippen molar-refractivity contribution in [1.29, 1.82) is 0 Å². The maximum Gasteiger partial charge on any atom is 0.258 e. The van der Waals surface area contributed by atoms with Crippen molar-refractivity contribution in [2.24, 2.45) is 0 Å². The first-order valence-corrected chi connectivity index (χ1v) is 6.33. The first-order chi connectivity index (χ1) is 8.25. The minimum Gasteiger partial charge on any atom is -0.325 e. The zero-order valence-corrected chi connectivity index (χ0v) is 9.84. The Bertz CT molecular complexity index is 628. The molecule has 3 rings (SSSR count). The minimum atomic E-state index is -0.159. The highest BCUT2D eigenvalue weighted by atomic mass is 32.1. The molecular formula is C12H10N2O2S. The zero-order chi connectivity index (χ0) is 11.8. The number of fused-ring (bicyclic) bond motifs is 1. The monoisotopic (exact) mass is 246 g/mol. The van der Waals surface area contributed by atoms with Gasteiger partial charge in [-0.25, -0.2) is 4.98 Å². The van der Waals surface area contributed by atoms with Crippen LogP contribution in [0.1, 0.15) is 28.9 Å². The molecule has 0 saturated heterocycles. The summed E-state index contributed by atoms with van der Waals surface area (Å²) in [7, 11) is 0. The van der Waals surface area contributed by atoms with E-state index in [2.05, 4.69) is 9.97 Å². The number of carbonyl (C=O) groups excluding carboxylic acids is 1. The van der Waals surface area contributed by atoms with E-state index >= 15 is 0 Å². The minimum absolute atomic E-state index is 0.111. The standard InChI is InChI=1S/C12H10N2O2S/c15-10-3-1-2-9-7(10)6-8(11(16)14-9)12-13-4-5-17-12/h4-6H,1-3H2,(H,14,16). The van der Waals surface area contributed by atoms with E-state index in [1.807, 2.05) is 5.38 Å². The van der Waals surface area contributed by atoms with Gasteiger partial charge in [0, 0.05) is 29.3 Å². The number of hydrogen-bond acceptors (Lipinski definition) is 4. The molecule has 0 fully saturated rings. The van der Waals surface area contributed by atoms with E-state index in [0.29, 0.717) is 22.6 Å². The Balaban J connectivity index is 2.22. The van der Waals surface area contributed by atoms with Crippen LogP contribution in [0.25, 0.3) is 10.6 Å². The van der Waals surface area contributed by atoms with Gasteiger partial charge in [-0.05, 0) is 18.9 Å². The highest BCUT2D eigenvalue weighted by Crippen LogP contribution is 2.24. The van der Waals surface area contributed by atoms with Crippen LogP contribution in [0.4, 0.5) is 0 Å². The maximum absolute atomic E-state index is 11.9. The lowest BCUT2D eigenvalue weighted by atomic mass is 9.94. The number of ketones is 1. The number of carbonyl (C=O) groups is 1. The van der Waals surface area contributed by atoms with E-state index < -0.39 is 0 Å². The molecule has 0 atom stereocenters. The van der Waals surface area contributed by atoms with E-state index in [1.165, 1.54) is 11.3 Å². The lowest BCUT2D eigenvalue weighted by molar-refractivity contribution is 0.0971. The van der Waals surface area contributed by atoms with Crippen LogP contribution < -0.4 is 5.56 Å². The molecule has 1 aliphatic rings. The second-order valence-corrected chi connectivity index (χ2v) is 4.91. The summed E-state index contributed by atoms with van der Waals surface area (Å²) < 4.78 is 0. The Hall–Kier alpha value is -1.75. The number of rotatable bonds is 1. The molecule has 2 heterocycles. The first-order valence-electron chi connectivity index (χ1n) is 5.45.